The van der Waals surface area contributed by atoms with E-state index in [0.717, 1.165) is 31.1 Å². The van der Waals surface area contributed by atoms with E-state index in [1.807, 2.05) is 0 Å². The van der Waals surface area contributed by atoms with Gasteiger partial charge in [-0.3, -0.25) is 0 Å². The fraction of sp³-hybridized carbons (Fsp3) is 1.00. The van der Waals surface area contributed by atoms with Gasteiger partial charge in [0.1, 0.15) is 0 Å². The minimum absolute atomic E-state index is 0.746. The third-order valence-electron chi connectivity index (χ3n) is 3.63. The van der Waals surface area contributed by atoms with Crippen LogP contribution in [0.2, 0.25) is 0 Å². The lowest BCUT2D eigenvalue weighted by Crippen LogP contribution is -2.40. The Bertz CT molecular complexity index is 146. The molecule has 2 aliphatic rings. The Hall–Kier alpha value is -0.0800. The first-order valence-corrected chi connectivity index (χ1v) is 5.67. The molecule has 0 aromatic carbocycles. The van der Waals surface area contributed by atoms with Gasteiger partial charge in [-0.15, -0.1) is 0 Å². The maximum atomic E-state index is 5.39. The van der Waals surface area contributed by atoms with Crippen LogP contribution in [-0.2, 0) is 4.74 Å². The first kappa shape index (κ1) is 9.47. The van der Waals surface area contributed by atoms with Gasteiger partial charge in [0.2, 0.25) is 0 Å². The Kier molecular flexibility index (Phi) is 3.23. The molecular weight excluding hydrogens is 162 g/mol. The minimum Gasteiger partial charge on any atom is -0.381 e. The van der Waals surface area contributed by atoms with E-state index in [9.17, 15) is 0 Å². The van der Waals surface area contributed by atoms with Crippen LogP contribution >= 0.6 is 0 Å². The van der Waals surface area contributed by atoms with Gasteiger partial charge in [-0.2, -0.15) is 0 Å². The van der Waals surface area contributed by atoms with Crippen LogP contribution in [0.4, 0.5) is 0 Å². The molecule has 2 fully saturated rings. The molecule has 2 unspecified atom stereocenters. The molecule has 13 heavy (non-hydrogen) atoms. The summed E-state index contributed by atoms with van der Waals surface area (Å²) in [6.07, 6.45) is 5.38. The first-order chi connectivity index (χ1) is 6.36. The number of ether oxygens (including phenoxy) is 1. The minimum atomic E-state index is 0.746. The zero-order valence-electron chi connectivity index (χ0n) is 8.59. The molecule has 0 aromatic heterocycles. The van der Waals surface area contributed by atoms with Gasteiger partial charge < -0.3 is 10.1 Å². The number of rotatable bonds is 1. The standard InChI is InChI=1S/C11H21NO/c1-9-2-3-11(8-12-9)10-4-6-13-7-5-10/h9-12H,2-8H2,1H3. The Morgan fingerprint density at radius 1 is 1.00 bits per heavy atom. The molecule has 2 atom stereocenters. The van der Waals surface area contributed by atoms with E-state index in [1.165, 1.54) is 32.2 Å². The molecule has 76 valence electrons. The van der Waals surface area contributed by atoms with Gasteiger partial charge in [0.25, 0.3) is 0 Å². The molecule has 2 heterocycles. The van der Waals surface area contributed by atoms with Crippen molar-refractivity contribution in [2.75, 3.05) is 19.8 Å². The van der Waals surface area contributed by atoms with Gasteiger partial charge in [-0.25, -0.2) is 0 Å². The molecular formula is C11H21NO. The van der Waals surface area contributed by atoms with Crippen LogP contribution in [0, 0.1) is 11.8 Å². The highest BCUT2D eigenvalue weighted by Crippen LogP contribution is 2.29. The molecule has 2 nitrogen and oxygen atoms in total. The molecule has 2 saturated heterocycles. The van der Waals surface area contributed by atoms with Crippen molar-refractivity contribution in [2.45, 2.75) is 38.6 Å². The normalized spacial score (nSPS) is 37.6. The number of nitrogens with one attached hydrogen (secondary N) is 1. The fourth-order valence-electron chi connectivity index (χ4n) is 2.61. The summed E-state index contributed by atoms with van der Waals surface area (Å²) in [7, 11) is 0. The van der Waals surface area contributed by atoms with Gasteiger partial charge in [0.05, 0.1) is 0 Å². The third kappa shape index (κ3) is 2.44. The lowest BCUT2D eigenvalue weighted by molar-refractivity contribution is 0.0398. The zero-order chi connectivity index (χ0) is 9.10. The van der Waals surface area contributed by atoms with E-state index >= 15 is 0 Å². The number of hydrogen-bond donors (Lipinski definition) is 1. The van der Waals surface area contributed by atoms with Crippen molar-refractivity contribution in [3.05, 3.63) is 0 Å². The Balaban J connectivity index is 1.79. The van der Waals surface area contributed by atoms with Gasteiger partial charge >= 0.3 is 0 Å². The summed E-state index contributed by atoms with van der Waals surface area (Å²) in [5.74, 6) is 1.87. The second-order valence-electron chi connectivity index (χ2n) is 4.60. The van der Waals surface area contributed by atoms with Crippen LogP contribution in [0.3, 0.4) is 0 Å². The monoisotopic (exact) mass is 183 g/mol. The fourth-order valence-corrected chi connectivity index (χ4v) is 2.61. The number of hydrogen-bond acceptors (Lipinski definition) is 2. The van der Waals surface area contributed by atoms with E-state index in [1.54, 1.807) is 0 Å². The van der Waals surface area contributed by atoms with E-state index in [4.69, 9.17) is 4.74 Å². The largest absolute Gasteiger partial charge is 0.381 e. The van der Waals surface area contributed by atoms with Crippen molar-refractivity contribution in [3.8, 4) is 0 Å². The van der Waals surface area contributed by atoms with Crippen LogP contribution in [-0.4, -0.2) is 25.8 Å². The highest BCUT2D eigenvalue weighted by molar-refractivity contribution is 4.81. The molecule has 2 aliphatic heterocycles. The van der Waals surface area contributed by atoms with Gasteiger partial charge in [0.15, 0.2) is 0 Å². The van der Waals surface area contributed by atoms with Crippen molar-refractivity contribution < 1.29 is 4.74 Å². The maximum absolute atomic E-state index is 5.39. The summed E-state index contributed by atoms with van der Waals surface area (Å²) in [6, 6.07) is 0.746. The van der Waals surface area contributed by atoms with Crippen LogP contribution in [0.15, 0.2) is 0 Å². The lowest BCUT2D eigenvalue weighted by atomic mass is 9.80. The predicted molar refractivity (Wildman–Crippen MR) is 53.7 cm³/mol. The van der Waals surface area contributed by atoms with Crippen molar-refractivity contribution in [3.63, 3.8) is 0 Å². The highest BCUT2D eigenvalue weighted by atomic mass is 16.5. The van der Waals surface area contributed by atoms with Crippen LogP contribution in [0.25, 0.3) is 0 Å². The molecule has 0 aromatic rings. The van der Waals surface area contributed by atoms with Crippen LogP contribution in [0.1, 0.15) is 32.6 Å². The molecule has 0 radical (unpaired) electrons. The van der Waals surface area contributed by atoms with Crippen molar-refractivity contribution in [1.29, 1.82) is 0 Å². The summed E-state index contributed by atoms with van der Waals surface area (Å²) in [5, 5.41) is 3.59. The Labute approximate surface area is 81.0 Å². The molecule has 1 N–H and O–H groups in total. The SMILES string of the molecule is CC1CCC(C2CCOCC2)CN1. The quantitative estimate of drug-likeness (QED) is 0.669. The summed E-state index contributed by atoms with van der Waals surface area (Å²) in [6.45, 7) is 5.53. The molecule has 0 amide bonds. The van der Waals surface area contributed by atoms with E-state index in [0.29, 0.717) is 0 Å². The van der Waals surface area contributed by atoms with Crippen molar-refractivity contribution in [2.24, 2.45) is 11.8 Å². The molecule has 0 spiro atoms. The van der Waals surface area contributed by atoms with Crippen LogP contribution < -0.4 is 5.32 Å². The summed E-state index contributed by atoms with van der Waals surface area (Å²) < 4.78 is 5.39. The number of piperidine rings is 1. The molecule has 0 aliphatic carbocycles. The van der Waals surface area contributed by atoms with Crippen LogP contribution in [0.5, 0.6) is 0 Å². The second kappa shape index (κ2) is 4.43. The van der Waals surface area contributed by atoms with Gasteiger partial charge in [-0.1, -0.05) is 0 Å². The average Bonchev–Trinajstić information content (AvgIpc) is 2.20. The predicted octanol–water partition coefficient (Wildman–Crippen LogP) is 1.80. The smallest absolute Gasteiger partial charge is 0.0468 e. The maximum Gasteiger partial charge on any atom is 0.0468 e. The molecule has 0 bridgehead atoms. The lowest BCUT2D eigenvalue weighted by Gasteiger charge is -2.35. The Morgan fingerprint density at radius 2 is 1.77 bits per heavy atom. The van der Waals surface area contributed by atoms with Gasteiger partial charge in [0, 0.05) is 19.3 Å². The summed E-state index contributed by atoms with van der Waals surface area (Å²) in [4.78, 5) is 0. The van der Waals surface area contributed by atoms with Crippen molar-refractivity contribution >= 4 is 0 Å². The summed E-state index contributed by atoms with van der Waals surface area (Å²) >= 11 is 0. The molecule has 0 saturated carbocycles. The summed E-state index contributed by atoms with van der Waals surface area (Å²) in [5.41, 5.74) is 0. The zero-order valence-corrected chi connectivity index (χ0v) is 8.59. The topological polar surface area (TPSA) is 21.3 Å². The molecule has 2 rings (SSSR count). The van der Waals surface area contributed by atoms with E-state index in [2.05, 4.69) is 12.2 Å². The van der Waals surface area contributed by atoms with E-state index < -0.39 is 0 Å². The molecule has 2 heteroatoms. The van der Waals surface area contributed by atoms with Crippen molar-refractivity contribution in [1.82, 2.24) is 5.32 Å². The average molecular weight is 183 g/mol. The van der Waals surface area contributed by atoms with E-state index in [-0.39, 0.29) is 0 Å². The van der Waals surface area contributed by atoms with Gasteiger partial charge in [-0.05, 0) is 51.0 Å². The third-order valence-corrected chi connectivity index (χ3v) is 3.63. The Morgan fingerprint density at radius 3 is 2.38 bits per heavy atom. The second-order valence-corrected chi connectivity index (χ2v) is 4.60. The highest BCUT2D eigenvalue weighted by Gasteiger charge is 2.26. The first-order valence-electron chi connectivity index (χ1n) is 5.67.